The van der Waals surface area contributed by atoms with Crippen LogP contribution in [0.25, 0.3) is 33.5 Å². The van der Waals surface area contributed by atoms with Crippen LogP contribution in [0.5, 0.6) is 0 Å². The summed E-state index contributed by atoms with van der Waals surface area (Å²) in [6.07, 6.45) is 7.17. The van der Waals surface area contributed by atoms with Crippen molar-refractivity contribution in [3.05, 3.63) is 83.3 Å². The number of alkyl carbamates (subject to hydrolysis) is 1. The van der Waals surface area contributed by atoms with E-state index in [-0.39, 0.29) is 30.0 Å². The number of nitrogens with one attached hydrogen (secondary N) is 2. The molecule has 2 N–H and O–H groups in total. The molecule has 56 heavy (non-hydrogen) atoms. The second kappa shape index (κ2) is 14.9. The lowest BCUT2D eigenvalue weighted by molar-refractivity contribution is -0.135. The van der Waals surface area contributed by atoms with Crippen molar-refractivity contribution in [2.45, 2.75) is 103 Å². The molecular formula is C45H52N6O5. The third-order valence-corrected chi connectivity index (χ3v) is 11.6. The Morgan fingerprint density at radius 1 is 0.839 bits per heavy atom. The monoisotopic (exact) mass is 756 g/mol. The normalized spacial score (nSPS) is 19.3. The Hall–Kier alpha value is -5.45. The maximum absolute atomic E-state index is 13.6. The zero-order valence-corrected chi connectivity index (χ0v) is 33.3. The molecule has 3 aliphatic heterocycles. The number of aryl methyl sites for hydroxylation is 2. The van der Waals surface area contributed by atoms with E-state index in [1.807, 2.05) is 50.6 Å². The number of hydrogen-bond donors (Lipinski definition) is 2. The highest BCUT2D eigenvalue weighted by Gasteiger charge is 2.38. The second-order valence-electron chi connectivity index (χ2n) is 16.9. The summed E-state index contributed by atoms with van der Waals surface area (Å²) in [4.78, 5) is 55.6. The van der Waals surface area contributed by atoms with Crippen LogP contribution in [0, 0.1) is 5.92 Å². The first-order valence-corrected chi connectivity index (χ1v) is 20.0. The first-order chi connectivity index (χ1) is 26.9. The van der Waals surface area contributed by atoms with Crippen molar-refractivity contribution in [3.63, 3.8) is 0 Å². The van der Waals surface area contributed by atoms with Gasteiger partial charge in [0, 0.05) is 25.2 Å². The predicted octanol–water partition coefficient (Wildman–Crippen LogP) is 8.58. The van der Waals surface area contributed by atoms with Gasteiger partial charge in [0.15, 0.2) is 0 Å². The van der Waals surface area contributed by atoms with E-state index in [0.29, 0.717) is 13.1 Å². The quantitative estimate of drug-likeness (QED) is 0.194. The molecule has 4 aliphatic rings. The fourth-order valence-corrected chi connectivity index (χ4v) is 8.84. The van der Waals surface area contributed by atoms with Crippen LogP contribution in [0.4, 0.5) is 15.3 Å². The minimum Gasteiger partial charge on any atom is -0.453 e. The van der Waals surface area contributed by atoms with Crippen molar-refractivity contribution in [1.29, 1.82) is 0 Å². The lowest BCUT2D eigenvalue weighted by atomic mass is 9.83. The van der Waals surface area contributed by atoms with Gasteiger partial charge < -0.3 is 24.7 Å². The minimum absolute atomic E-state index is 0.0190. The maximum Gasteiger partial charge on any atom is 0.410 e. The van der Waals surface area contributed by atoms with Gasteiger partial charge in [0.05, 0.1) is 36.8 Å². The summed E-state index contributed by atoms with van der Waals surface area (Å²) in [5.41, 5.74) is 12.2. The summed E-state index contributed by atoms with van der Waals surface area (Å²) in [6.45, 7) is 10.9. The second-order valence-corrected chi connectivity index (χ2v) is 16.9. The van der Waals surface area contributed by atoms with Gasteiger partial charge in [-0.3, -0.25) is 14.7 Å². The molecule has 0 spiro atoms. The molecular weight excluding hydrogens is 705 g/mol. The Kier molecular flexibility index (Phi) is 9.97. The van der Waals surface area contributed by atoms with E-state index in [2.05, 4.69) is 64.9 Å². The summed E-state index contributed by atoms with van der Waals surface area (Å²) < 4.78 is 10.5. The highest BCUT2D eigenvalue weighted by molar-refractivity contribution is 6.00. The number of aliphatic imine (C=N–C) groups is 1. The van der Waals surface area contributed by atoms with Gasteiger partial charge in [0.2, 0.25) is 5.91 Å². The van der Waals surface area contributed by atoms with Gasteiger partial charge in [-0.2, -0.15) is 0 Å². The van der Waals surface area contributed by atoms with Crippen LogP contribution in [0.2, 0.25) is 0 Å². The minimum atomic E-state index is -0.671. The number of carbonyl (C=O) groups is 3. The molecule has 1 aromatic heterocycles. The molecule has 0 radical (unpaired) electrons. The van der Waals surface area contributed by atoms with E-state index in [0.717, 1.165) is 73.4 Å². The fraction of sp³-hybridized carbons (Fsp3) is 0.444. The van der Waals surface area contributed by atoms with Crippen LogP contribution in [-0.2, 0) is 33.5 Å². The lowest BCUT2D eigenvalue weighted by Gasteiger charge is -2.30. The van der Waals surface area contributed by atoms with E-state index in [9.17, 15) is 14.4 Å². The average molecular weight is 757 g/mol. The average Bonchev–Trinajstić information content (AvgIpc) is 4.01. The number of likely N-dealkylation sites (tertiary alicyclic amines) is 2. The highest BCUT2D eigenvalue weighted by Crippen LogP contribution is 2.40. The first kappa shape index (κ1) is 37.5. The van der Waals surface area contributed by atoms with Gasteiger partial charge in [-0.15, -0.1) is 0 Å². The molecule has 1 aliphatic carbocycles. The Morgan fingerprint density at radius 3 is 2.14 bits per heavy atom. The summed E-state index contributed by atoms with van der Waals surface area (Å²) in [5, 5.41) is 2.72. The number of benzene rings is 3. The molecule has 292 valence electrons. The smallest absolute Gasteiger partial charge is 0.410 e. The molecule has 8 rings (SSSR count). The zero-order chi connectivity index (χ0) is 39.3. The molecule has 11 heteroatoms. The van der Waals surface area contributed by atoms with Crippen molar-refractivity contribution >= 4 is 29.5 Å². The molecule has 4 aromatic rings. The number of imidazole rings is 1. The number of aromatic amines is 1. The van der Waals surface area contributed by atoms with Crippen LogP contribution in [0.1, 0.15) is 88.9 Å². The maximum atomic E-state index is 13.6. The first-order valence-electron chi connectivity index (χ1n) is 20.0. The van der Waals surface area contributed by atoms with E-state index in [1.165, 1.54) is 46.1 Å². The zero-order valence-electron chi connectivity index (χ0n) is 33.3. The van der Waals surface area contributed by atoms with Crippen LogP contribution >= 0.6 is 0 Å². The Labute approximate surface area is 328 Å². The van der Waals surface area contributed by atoms with E-state index < -0.39 is 17.7 Å². The molecule has 4 heterocycles. The molecule has 3 atom stereocenters. The number of carbonyl (C=O) groups excluding carboxylic acids is 3. The van der Waals surface area contributed by atoms with Gasteiger partial charge >= 0.3 is 12.2 Å². The number of rotatable bonds is 7. The fourth-order valence-electron chi connectivity index (χ4n) is 8.84. The molecule has 0 bridgehead atoms. The van der Waals surface area contributed by atoms with E-state index in [4.69, 9.17) is 19.5 Å². The molecule has 11 nitrogen and oxygen atoms in total. The van der Waals surface area contributed by atoms with Crippen LogP contribution < -0.4 is 5.32 Å². The lowest BCUT2D eigenvalue weighted by Crippen LogP contribution is -2.51. The number of hydrogen-bond acceptors (Lipinski definition) is 7. The summed E-state index contributed by atoms with van der Waals surface area (Å²) in [5.74, 6) is 0.554. The number of fused-ring (bicyclic) bond motifs is 4. The Balaban J connectivity index is 0.959. The number of H-pyrrole nitrogens is 1. The van der Waals surface area contributed by atoms with E-state index >= 15 is 0 Å². The summed E-state index contributed by atoms with van der Waals surface area (Å²) in [7, 11) is 1.30. The molecule has 0 saturated carbocycles. The van der Waals surface area contributed by atoms with Crippen molar-refractivity contribution in [2.24, 2.45) is 10.9 Å². The Morgan fingerprint density at radius 2 is 1.46 bits per heavy atom. The van der Waals surface area contributed by atoms with E-state index in [1.54, 1.807) is 0 Å². The molecule has 2 fully saturated rings. The van der Waals surface area contributed by atoms with Gasteiger partial charge in [-0.05, 0) is 128 Å². The highest BCUT2D eigenvalue weighted by atomic mass is 16.6. The molecule has 2 saturated heterocycles. The van der Waals surface area contributed by atoms with Crippen molar-refractivity contribution in [2.75, 3.05) is 20.2 Å². The predicted molar refractivity (Wildman–Crippen MR) is 217 cm³/mol. The van der Waals surface area contributed by atoms with Gasteiger partial charge in [0.1, 0.15) is 17.5 Å². The van der Waals surface area contributed by atoms with Crippen LogP contribution in [0.3, 0.4) is 0 Å². The van der Waals surface area contributed by atoms with Crippen LogP contribution in [-0.4, -0.2) is 81.5 Å². The third-order valence-electron chi connectivity index (χ3n) is 11.6. The third kappa shape index (κ3) is 7.31. The SMILES string of the molecule is COC(=O)N[C@H](C(=O)N1CCC[C@H]1c1ncc(-c2ccc3c(c2)CCc2cc(-c4ccc5c(c4)CC([C@@H]4CCCN4C(=O)OC(C)(C)C)=N5)ccc2-3)[nH]1)C(C)C. The summed E-state index contributed by atoms with van der Waals surface area (Å²) in [6, 6.07) is 19.1. The largest absolute Gasteiger partial charge is 0.453 e. The van der Waals surface area contributed by atoms with Gasteiger partial charge in [-0.25, -0.2) is 14.6 Å². The van der Waals surface area contributed by atoms with Crippen molar-refractivity contribution in [1.82, 2.24) is 25.1 Å². The Bertz CT molecular complexity index is 2220. The molecule has 0 unspecified atom stereocenters. The number of aromatic nitrogens is 2. The number of ether oxygens (including phenoxy) is 2. The van der Waals surface area contributed by atoms with Gasteiger partial charge in [0.25, 0.3) is 0 Å². The van der Waals surface area contributed by atoms with Crippen molar-refractivity contribution in [3.8, 4) is 33.5 Å². The molecule has 3 amide bonds. The topological polar surface area (TPSA) is 129 Å². The molecule has 3 aromatic carbocycles. The van der Waals surface area contributed by atoms with Crippen molar-refractivity contribution < 1.29 is 23.9 Å². The number of nitrogens with zero attached hydrogens (tertiary/aromatic N) is 4. The summed E-state index contributed by atoms with van der Waals surface area (Å²) >= 11 is 0. The number of methoxy groups -OCH3 is 1. The van der Waals surface area contributed by atoms with Crippen LogP contribution in [0.15, 0.2) is 65.8 Å². The van der Waals surface area contributed by atoms with Gasteiger partial charge in [-0.1, -0.05) is 50.2 Å². The number of amides is 3. The standard InChI is InChI=1S/C45H52N6O5/c1-26(2)40(49-43(53)55-6)42(52)50-19-8-10-39(50)41-46-25-37(48-41)31-14-17-34-30(23-31)12-11-29-21-27(13-16-33(29)34)28-15-18-35-32(22-28)24-36(47-35)38-9-7-20-51(38)44(54)56-45(3,4)5/h13-18,21-23,25-26,38-40H,7-12,19-20,24H2,1-6H3,(H,46,48)(H,49,53)/t38-,39-,40-/m0/s1.